The van der Waals surface area contributed by atoms with Crippen LogP contribution in [0.5, 0.6) is 5.88 Å². The van der Waals surface area contributed by atoms with Crippen molar-refractivity contribution in [3.05, 3.63) is 112 Å². The molecule has 1 atom stereocenters. The minimum atomic E-state index is -1.11. The molecule has 55 heavy (non-hydrogen) atoms. The molecule has 1 amide bonds. The Morgan fingerprint density at radius 1 is 0.909 bits per heavy atom. The van der Waals surface area contributed by atoms with Gasteiger partial charge in [0.05, 0.1) is 29.2 Å². The van der Waals surface area contributed by atoms with Gasteiger partial charge < -0.3 is 36.0 Å². The average molecular weight is 760 g/mol. The number of carbonyl (C=O) groups excluding carboxylic acids is 1. The monoisotopic (exact) mass is 759 g/mol. The van der Waals surface area contributed by atoms with Crippen molar-refractivity contribution in [2.24, 2.45) is 0 Å². The first-order chi connectivity index (χ1) is 26.7. The number of carboxylic acid groups (broad SMARTS) is 1. The van der Waals surface area contributed by atoms with Crippen LogP contribution in [0.25, 0.3) is 11.0 Å². The van der Waals surface area contributed by atoms with Gasteiger partial charge in [-0.1, -0.05) is 35.9 Å². The van der Waals surface area contributed by atoms with Crippen LogP contribution in [0.15, 0.2) is 79.1 Å². The lowest BCUT2D eigenvalue weighted by Crippen LogP contribution is -2.48. The average Bonchev–Trinajstić information content (AvgIpc) is 3.59. The molecule has 7 rings (SSSR count). The molecule has 1 saturated heterocycles. The lowest BCUT2D eigenvalue weighted by Gasteiger charge is -2.34. The molecular formula is C37H34ClN13O4. The Balaban J connectivity index is 1.06. The molecule has 6 N–H and O–H groups in total. The number of carbonyl (C=O) groups is 2. The van der Waals surface area contributed by atoms with Crippen molar-refractivity contribution < 1.29 is 19.8 Å². The summed E-state index contributed by atoms with van der Waals surface area (Å²) < 4.78 is 0. The van der Waals surface area contributed by atoms with Gasteiger partial charge >= 0.3 is 5.97 Å². The third-order valence-electron chi connectivity index (χ3n) is 8.80. The largest absolute Gasteiger partial charge is 0.492 e. The maximum atomic E-state index is 12.9. The normalized spacial score (nSPS) is 13.6. The first-order valence-electron chi connectivity index (χ1n) is 17.2. The molecule has 17 nitrogen and oxygen atoms in total. The Bertz CT molecular complexity index is 2380. The van der Waals surface area contributed by atoms with E-state index in [-0.39, 0.29) is 48.3 Å². The molecule has 4 heterocycles. The van der Waals surface area contributed by atoms with Gasteiger partial charge in [0, 0.05) is 62.2 Å². The number of carboxylic acids is 1. The summed E-state index contributed by atoms with van der Waals surface area (Å²) in [6.07, 6.45) is 2.81. The third kappa shape index (κ3) is 9.19. The van der Waals surface area contributed by atoms with Crippen molar-refractivity contribution in [3.63, 3.8) is 0 Å². The Labute approximate surface area is 319 Å². The molecule has 278 valence electrons. The summed E-state index contributed by atoms with van der Waals surface area (Å²) in [7, 11) is 0. The zero-order valence-electron chi connectivity index (χ0n) is 29.1. The van der Waals surface area contributed by atoms with Gasteiger partial charge in [0.25, 0.3) is 5.91 Å². The van der Waals surface area contributed by atoms with Crippen LogP contribution < -0.4 is 16.0 Å². The number of benzene rings is 3. The minimum Gasteiger partial charge on any atom is -0.492 e. The lowest BCUT2D eigenvalue weighted by molar-refractivity contribution is -0.137. The fourth-order valence-corrected chi connectivity index (χ4v) is 6.20. The fraction of sp³-hybridized carbons (Fsp3) is 0.216. The minimum absolute atomic E-state index is 0.0239. The van der Waals surface area contributed by atoms with Gasteiger partial charge in [0.1, 0.15) is 11.9 Å². The van der Waals surface area contributed by atoms with Gasteiger partial charge in [-0.25, -0.2) is 19.7 Å². The highest BCUT2D eigenvalue weighted by molar-refractivity contribution is 6.31. The second kappa shape index (κ2) is 16.4. The first kappa shape index (κ1) is 36.5. The van der Waals surface area contributed by atoms with E-state index in [2.05, 4.69) is 61.8 Å². The van der Waals surface area contributed by atoms with Crippen LogP contribution >= 0.6 is 11.6 Å². The van der Waals surface area contributed by atoms with Crippen LogP contribution in [0.1, 0.15) is 33.0 Å². The number of hydrogen-bond donors (Lipinski definition) is 6. The number of imidazole rings is 1. The van der Waals surface area contributed by atoms with Crippen molar-refractivity contribution in [2.75, 3.05) is 42.1 Å². The number of fused-ring (bicyclic) bond motifs is 1. The highest BCUT2D eigenvalue weighted by atomic mass is 35.5. The number of aromatic hydroxyl groups is 1. The predicted octanol–water partition coefficient (Wildman–Crippen LogP) is 4.19. The molecule has 1 unspecified atom stereocenters. The number of nitrogens with zero attached hydrogens (tertiary/aromatic N) is 9. The summed E-state index contributed by atoms with van der Waals surface area (Å²) >= 11 is 6.14. The van der Waals surface area contributed by atoms with Crippen LogP contribution in [0.4, 0.5) is 23.5 Å². The molecule has 0 aliphatic carbocycles. The first-order valence-corrected chi connectivity index (χ1v) is 17.6. The van der Waals surface area contributed by atoms with E-state index in [4.69, 9.17) is 16.9 Å². The number of amides is 1. The number of rotatable bonds is 13. The zero-order valence-corrected chi connectivity index (χ0v) is 29.9. The fourth-order valence-electron chi connectivity index (χ4n) is 6.04. The van der Waals surface area contributed by atoms with Crippen molar-refractivity contribution in [1.29, 1.82) is 5.26 Å². The highest BCUT2D eigenvalue weighted by Crippen LogP contribution is 2.22. The van der Waals surface area contributed by atoms with E-state index in [9.17, 15) is 19.8 Å². The van der Waals surface area contributed by atoms with Crippen molar-refractivity contribution in [1.82, 2.24) is 44.7 Å². The van der Waals surface area contributed by atoms with E-state index in [1.54, 1.807) is 41.3 Å². The summed E-state index contributed by atoms with van der Waals surface area (Å²) in [5.41, 5.74) is 4.33. The molecule has 1 aliphatic heterocycles. The number of anilines is 4. The second-order valence-corrected chi connectivity index (χ2v) is 13.1. The zero-order chi connectivity index (χ0) is 38.3. The standard InChI is InChI=1S/C37H34ClN13O4/c38-25-8-9-27-28(18-25)45-30(44-27)20-42-35-47-36(49-37(48-35)46-29(34(54)55)17-22-4-6-23(19-39)7-5-22)43-26-3-1-2-24(16-26)21-50-12-14-51(15-13-50)33(53)31-32(52)41-11-10-40-31/h1-11,16,18,29H,12-15,17,20-21H2,(H,41,52)(H,44,45)(H,54,55)(H3,42,43,46,47,48,49). The quantitative estimate of drug-likeness (QED) is 0.0969. The van der Waals surface area contributed by atoms with Crippen LogP contribution in [0.2, 0.25) is 5.02 Å². The summed E-state index contributed by atoms with van der Waals surface area (Å²) in [6, 6.07) is 20.7. The number of nitriles is 1. The van der Waals surface area contributed by atoms with E-state index in [0.717, 1.165) is 11.1 Å². The summed E-state index contributed by atoms with van der Waals surface area (Å²) in [6.45, 7) is 3.00. The highest BCUT2D eigenvalue weighted by Gasteiger charge is 2.26. The molecule has 1 aliphatic rings. The SMILES string of the molecule is N#Cc1ccc(CC(Nc2nc(NCc3nc4cc(Cl)ccc4[nH]3)nc(Nc3cccc(CN4CCN(C(=O)c5nccnc5O)CC4)c3)n2)C(=O)O)cc1. The van der Waals surface area contributed by atoms with E-state index >= 15 is 0 Å². The van der Waals surface area contributed by atoms with E-state index < -0.39 is 12.0 Å². The molecule has 18 heteroatoms. The maximum Gasteiger partial charge on any atom is 0.326 e. The van der Waals surface area contributed by atoms with Gasteiger partial charge in [-0.05, 0) is 53.6 Å². The Morgan fingerprint density at radius 2 is 1.67 bits per heavy atom. The van der Waals surface area contributed by atoms with Gasteiger partial charge in [-0.2, -0.15) is 20.2 Å². The van der Waals surface area contributed by atoms with Gasteiger partial charge in [0.2, 0.25) is 23.7 Å². The molecule has 1 fully saturated rings. The molecule has 0 spiro atoms. The van der Waals surface area contributed by atoms with E-state index in [1.165, 1.54) is 12.4 Å². The van der Waals surface area contributed by atoms with E-state index in [1.807, 2.05) is 30.3 Å². The number of nitrogens with one attached hydrogen (secondary N) is 4. The molecule has 3 aromatic heterocycles. The summed E-state index contributed by atoms with van der Waals surface area (Å²) in [5.74, 6) is -0.895. The maximum absolute atomic E-state index is 12.9. The number of hydrogen-bond acceptors (Lipinski definition) is 14. The van der Waals surface area contributed by atoms with E-state index in [0.29, 0.717) is 65.9 Å². The topological polar surface area (TPSA) is 234 Å². The molecule has 6 aromatic rings. The lowest BCUT2D eigenvalue weighted by atomic mass is 10.0. The van der Waals surface area contributed by atoms with Crippen molar-refractivity contribution in [3.8, 4) is 11.9 Å². The van der Waals surface area contributed by atoms with Crippen LogP contribution in [0.3, 0.4) is 0 Å². The Morgan fingerprint density at radius 3 is 2.44 bits per heavy atom. The number of halogens is 1. The number of aliphatic carboxylic acids is 1. The summed E-state index contributed by atoms with van der Waals surface area (Å²) in [5, 5.41) is 39.1. The molecule has 3 aromatic carbocycles. The van der Waals surface area contributed by atoms with Crippen LogP contribution in [0, 0.1) is 11.3 Å². The number of H-pyrrole nitrogens is 1. The van der Waals surface area contributed by atoms with Crippen molar-refractivity contribution in [2.45, 2.75) is 25.6 Å². The Kier molecular flexibility index (Phi) is 10.9. The number of aromatic amines is 1. The molecular weight excluding hydrogens is 726 g/mol. The van der Waals surface area contributed by atoms with Gasteiger partial charge in [-0.15, -0.1) is 0 Å². The van der Waals surface area contributed by atoms with Gasteiger partial charge in [0.15, 0.2) is 5.69 Å². The number of aromatic nitrogens is 7. The van der Waals surface area contributed by atoms with Crippen molar-refractivity contribution >= 4 is 58.0 Å². The molecule has 0 bridgehead atoms. The molecule has 0 radical (unpaired) electrons. The van der Waals surface area contributed by atoms with Crippen LogP contribution in [-0.2, 0) is 24.3 Å². The third-order valence-corrected chi connectivity index (χ3v) is 9.03. The number of piperazine rings is 1. The molecule has 0 saturated carbocycles. The predicted molar refractivity (Wildman–Crippen MR) is 203 cm³/mol. The smallest absolute Gasteiger partial charge is 0.326 e. The second-order valence-electron chi connectivity index (χ2n) is 12.7. The Hall–Kier alpha value is -6.90. The van der Waals surface area contributed by atoms with Gasteiger partial charge in [-0.3, -0.25) is 9.69 Å². The summed E-state index contributed by atoms with van der Waals surface area (Å²) in [4.78, 5) is 58.2. The van der Waals surface area contributed by atoms with Crippen LogP contribution in [-0.4, -0.2) is 99.0 Å².